The lowest BCUT2D eigenvalue weighted by Crippen LogP contribution is -2.25. The fraction of sp³-hybridized carbons (Fsp3) is 0.250. The first kappa shape index (κ1) is 24.1. The van der Waals surface area contributed by atoms with Crippen LogP contribution in [-0.2, 0) is 32.5 Å². The van der Waals surface area contributed by atoms with Gasteiger partial charge in [0, 0.05) is 21.1 Å². The average molecular weight is 451 g/mol. The minimum atomic E-state index is -4.88. The fourth-order valence-corrected chi connectivity index (χ4v) is 2.98. The molecule has 0 aliphatic heterocycles. The predicted molar refractivity (Wildman–Crippen MR) is 94.9 cm³/mol. The molecule has 0 fully saturated rings. The van der Waals surface area contributed by atoms with Crippen molar-refractivity contribution < 1.29 is 32.5 Å². The molecular formula is C12H15Cl3N3O7P. The van der Waals surface area contributed by atoms with Gasteiger partial charge in [-0.3, -0.25) is 14.4 Å². The van der Waals surface area contributed by atoms with E-state index < -0.39 is 42.8 Å². The van der Waals surface area contributed by atoms with Crippen molar-refractivity contribution >= 4 is 60.3 Å². The summed E-state index contributed by atoms with van der Waals surface area (Å²) in [6.07, 6.45) is 0. The standard InChI is InChI=1S/C12H15Cl3N3O7P/c1-16-10(19)7(4-13)23-26(22,24-8(5-14)11(20)17-2)25-9(6-15)12(21)18-3/h4-6H,1-3H3,(H,16,19)(H,17,20)(H,18,21)/b7-4+,8-5+,9-6+. The van der Waals surface area contributed by atoms with Crippen LogP contribution >= 0.6 is 42.6 Å². The first-order valence-corrected chi connectivity index (χ1v) is 9.25. The number of rotatable bonds is 9. The number of halogens is 3. The molecule has 0 aliphatic rings. The van der Waals surface area contributed by atoms with E-state index in [2.05, 4.69) is 16.0 Å². The first-order chi connectivity index (χ1) is 12.2. The van der Waals surface area contributed by atoms with E-state index in [9.17, 15) is 18.9 Å². The van der Waals surface area contributed by atoms with Crippen LogP contribution in [0.25, 0.3) is 0 Å². The second-order valence-electron chi connectivity index (χ2n) is 3.88. The Kier molecular flexibility index (Phi) is 10.8. The highest BCUT2D eigenvalue weighted by atomic mass is 35.5. The van der Waals surface area contributed by atoms with E-state index in [1.807, 2.05) is 0 Å². The molecule has 3 amide bonds. The molecule has 0 atom stereocenters. The van der Waals surface area contributed by atoms with Gasteiger partial charge in [-0.25, -0.2) is 0 Å². The summed E-state index contributed by atoms with van der Waals surface area (Å²) in [6.45, 7) is 0. The van der Waals surface area contributed by atoms with Gasteiger partial charge in [0.2, 0.25) is 17.3 Å². The molecule has 26 heavy (non-hydrogen) atoms. The second kappa shape index (κ2) is 11.7. The van der Waals surface area contributed by atoms with Gasteiger partial charge in [-0.05, 0) is 0 Å². The quantitative estimate of drug-likeness (QED) is 0.276. The first-order valence-electron chi connectivity index (χ1n) is 6.48. The van der Waals surface area contributed by atoms with E-state index in [0.717, 1.165) is 0 Å². The lowest BCUT2D eigenvalue weighted by Gasteiger charge is -2.21. The molecule has 14 heteroatoms. The maximum absolute atomic E-state index is 12.9. The zero-order chi connectivity index (χ0) is 20.3. The van der Waals surface area contributed by atoms with Crippen LogP contribution in [0.15, 0.2) is 33.9 Å². The fourth-order valence-electron chi connectivity index (χ4n) is 1.12. The molecule has 0 aromatic rings. The van der Waals surface area contributed by atoms with E-state index in [0.29, 0.717) is 16.6 Å². The Morgan fingerprint density at radius 2 is 0.923 bits per heavy atom. The van der Waals surface area contributed by atoms with Gasteiger partial charge in [0.15, 0.2) is 0 Å². The predicted octanol–water partition coefficient (Wildman–Crippen LogP) is 1.62. The van der Waals surface area contributed by atoms with Crippen molar-refractivity contribution in [2.24, 2.45) is 0 Å². The normalized spacial score (nSPS) is 12.8. The number of likely N-dealkylation sites (N-methyl/N-ethyl adjacent to an activating group) is 3. The smallest absolute Gasteiger partial charge is 0.379 e. The van der Waals surface area contributed by atoms with Crippen LogP contribution in [0.2, 0.25) is 0 Å². The molecule has 0 spiro atoms. The van der Waals surface area contributed by atoms with E-state index >= 15 is 0 Å². The van der Waals surface area contributed by atoms with Gasteiger partial charge in [-0.15, -0.1) is 0 Å². The van der Waals surface area contributed by atoms with Gasteiger partial charge >= 0.3 is 7.82 Å². The Labute approximate surface area is 164 Å². The zero-order valence-corrected chi connectivity index (χ0v) is 16.8. The van der Waals surface area contributed by atoms with Crippen LogP contribution in [0.1, 0.15) is 0 Å². The number of phosphoric ester groups is 1. The number of hydrogen-bond donors (Lipinski definition) is 3. The molecule has 0 rings (SSSR count). The van der Waals surface area contributed by atoms with Crippen molar-refractivity contribution in [3.05, 3.63) is 33.9 Å². The minimum Gasteiger partial charge on any atom is -0.379 e. The Balaban J connectivity index is 5.93. The number of phosphoric acid groups is 1. The van der Waals surface area contributed by atoms with Crippen molar-refractivity contribution in [1.29, 1.82) is 0 Å². The molecule has 10 nitrogen and oxygen atoms in total. The van der Waals surface area contributed by atoms with Crippen LogP contribution in [0.3, 0.4) is 0 Å². The maximum atomic E-state index is 12.9. The monoisotopic (exact) mass is 449 g/mol. The van der Waals surface area contributed by atoms with Gasteiger partial charge in [-0.1, -0.05) is 34.8 Å². The molecule has 0 unspecified atom stereocenters. The summed E-state index contributed by atoms with van der Waals surface area (Å²) < 4.78 is 27.5. The number of amides is 3. The van der Waals surface area contributed by atoms with Crippen LogP contribution in [0.5, 0.6) is 0 Å². The highest BCUT2D eigenvalue weighted by molar-refractivity contribution is 7.49. The number of nitrogens with one attached hydrogen (secondary N) is 3. The van der Waals surface area contributed by atoms with Crippen molar-refractivity contribution in [2.75, 3.05) is 21.1 Å². The summed E-state index contributed by atoms with van der Waals surface area (Å²) in [7, 11) is -1.17. The number of hydrogen-bond acceptors (Lipinski definition) is 7. The van der Waals surface area contributed by atoms with Gasteiger partial charge in [0.1, 0.15) is 0 Å². The third-order valence-corrected chi connectivity index (χ3v) is 4.14. The Bertz CT molecular complexity index is 603. The zero-order valence-electron chi connectivity index (χ0n) is 13.7. The highest BCUT2D eigenvalue weighted by Crippen LogP contribution is 2.55. The Morgan fingerprint density at radius 3 is 1.08 bits per heavy atom. The lowest BCUT2D eigenvalue weighted by atomic mass is 10.5. The molecule has 0 aromatic carbocycles. The lowest BCUT2D eigenvalue weighted by molar-refractivity contribution is -0.119. The summed E-state index contributed by atoms with van der Waals surface area (Å²) in [5, 5.41) is 6.46. The van der Waals surface area contributed by atoms with E-state index in [1.165, 1.54) is 21.1 Å². The van der Waals surface area contributed by atoms with Gasteiger partial charge in [-0.2, -0.15) is 4.57 Å². The Hall–Kier alpha value is -1.87. The van der Waals surface area contributed by atoms with Crippen molar-refractivity contribution in [2.45, 2.75) is 0 Å². The van der Waals surface area contributed by atoms with Crippen LogP contribution < -0.4 is 16.0 Å². The van der Waals surface area contributed by atoms with E-state index in [4.69, 9.17) is 48.4 Å². The van der Waals surface area contributed by atoms with Crippen molar-refractivity contribution in [1.82, 2.24) is 16.0 Å². The molecule has 0 saturated heterocycles. The molecule has 0 saturated carbocycles. The molecule has 0 aliphatic carbocycles. The van der Waals surface area contributed by atoms with Gasteiger partial charge in [0.25, 0.3) is 17.7 Å². The van der Waals surface area contributed by atoms with Crippen LogP contribution in [0, 0.1) is 0 Å². The summed E-state index contributed by atoms with van der Waals surface area (Å²) in [5.74, 6) is -4.81. The molecule has 0 heterocycles. The molecule has 3 N–H and O–H groups in total. The third-order valence-electron chi connectivity index (χ3n) is 2.28. The van der Waals surface area contributed by atoms with Gasteiger partial charge < -0.3 is 29.5 Å². The topological polar surface area (TPSA) is 132 Å². The summed E-state index contributed by atoms with van der Waals surface area (Å²) in [5.41, 5.74) is 1.89. The van der Waals surface area contributed by atoms with E-state index in [-0.39, 0.29) is 0 Å². The summed E-state index contributed by atoms with van der Waals surface area (Å²) >= 11 is 16.3. The second-order valence-corrected chi connectivity index (χ2v) is 5.98. The summed E-state index contributed by atoms with van der Waals surface area (Å²) in [4.78, 5) is 35.0. The maximum Gasteiger partial charge on any atom is 0.647 e. The SMILES string of the molecule is CNC(=O)/C(=C\Cl)OP(=O)(O/C(=C/Cl)C(=O)NC)O/C(=C/Cl)C(=O)NC. The molecule has 146 valence electrons. The van der Waals surface area contributed by atoms with Crippen molar-refractivity contribution in [3.8, 4) is 0 Å². The summed E-state index contributed by atoms with van der Waals surface area (Å²) in [6, 6.07) is 0. The van der Waals surface area contributed by atoms with Gasteiger partial charge in [0.05, 0.1) is 16.6 Å². The molecule has 0 aromatic heterocycles. The third kappa shape index (κ3) is 7.17. The van der Waals surface area contributed by atoms with E-state index in [1.54, 1.807) is 0 Å². The van der Waals surface area contributed by atoms with Crippen LogP contribution in [0.4, 0.5) is 0 Å². The number of carbonyl (C=O) groups excluding carboxylic acids is 3. The van der Waals surface area contributed by atoms with Crippen LogP contribution in [-0.4, -0.2) is 38.9 Å². The minimum absolute atomic E-state index is 0.631. The van der Waals surface area contributed by atoms with Crippen molar-refractivity contribution in [3.63, 3.8) is 0 Å². The highest BCUT2D eigenvalue weighted by Gasteiger charge is 2.39. The Morgan fingerprint density at radius 1 is 0.692 bits per heavy atom. The molecular weight excluding hydrogens is 435 g/mol. The number of carbonyl (C=O) groups is 3. The molecule has 0 radical (unpaired) electrons. The average Bonchev–Trinajstić information content (AvgIpc) is 2.66. The molecule has 0 bridgehead atoms. The largest absolute Gasteiger partial charge is 0.647 e.